The smallest absolute Gasteiger partial charge is 0.150 e. The molecule has 1 nitrogen and oxygen atoms in total. The molecule has 0 amide bonds. The van der Waals surface area contributed by atoms with Gasteiger partial charge in [-0.15, -0.1) is 5.73 Å². The lowest BCUT2D eigenvalue weighted by atomic mass is 10.1. The summed E-state index contributed by atoms with van der Waals surface area (Å²) < 4.78 is 0. The third kappa shape index (κ3) is 2.79. The first-order valence-electron chi connectivity index (χ1n) is 4.95. The van der Waals surface area contributed by atoms with Crippen LogP contribution in [0.4, 0.5) is 0 Å². The standard InChI is InChI=1S/C13H16OSi/c1-5-13(15(2,3)4)12-8-6-11(10-14)7-9-12/h6-10H,1H2,2-4H3. The first-order valence-corrected chi connectivity index (χ1v) is 8.45. The first-order chi connectivity index (χ1) is 6.99. The molecule has 0 fully saturated rings. The molecule has 1 rings (SSSR count). The van der Waals surface area contributed by atoms with Crippen LogP contribution in [0, 0.1) is 0 Å². The molecule has 0 atom stereocenters. The molecule has 1 aromatic rings. The Kier molecular flexibility index (Phi) is 3.46. The predicted molar refractivity (Wildman–Crippen MR) is 67.7 cm³/mol. The molecule has 0 aliphatic carbocycles. The Morgan fingerprint density at radius 1 is 1.27 bits per heavy atom. The minimum atomic E-state index is -1.40. The summed E-state index contributed by atoms with van der Waals surface area (Å²) in [6, 6.07) is 7.60. The van der Waals surface area contributed by atoms with E-state index in [1.165, 1.54) is 5.20 Å². The summed E-state index contributed by atoms with van der Waals surface area (Å²) in [4.78, 5) is 10.5. The fraction of sp³-hybridized carbons (Fsp3) is 0.231. The summed E-state index contributed by atoms with van der Waals surface area (Å²) in [5.41, 5.74) is 4.88. The second kappa shape index (κ2) is 4.43. The third-order valence-corrected chi connectivity index (χ3v) is 4.23. The molecule has 0 N–H and O–H groups in total. The van der Waals surface area contributed by atoms with Crippen LogP contribution in [-0.4, -0.2) is 14.4 Å². The van der Waals surface area contributed by atoms with Crippen LogP contribution in [0.2, 0.25) is 19.6 Å². The summed E-state index contributed by atoms with van der Waals surface area (Å²) >= 11 is 0. The molecule has 0 aliphatic rings. The Bertz CT molecular complexity index is 403. The molecular weight excluding hydrogens is 200 g/mol. The lowest BCUT2D eigenvalue weighted by Gasteiger charge is -2.19. The SMILES string of the molecule is C=C=C(c1ccc(C=O)cc1)[Si](C)(C)C. The summed E-state index contributed by atoms with van der Waals surface area (Å²) in [5, 5.41) is 1.21. The summed E-state index contributed by atoms with van der Waals surface area (Å²) in [6.07, 6.45) is 0.857. The average Bonchev–Trinajstić information content (AvgIpc) is 2.18. The van der Waals surface area contributed by atoms with Gasteiger partial charge in [0.2, 0.25) is 0 Å². The van der Waals surface area contributed by atoms with Crippen LogP contribution in [0.3, 0.4) is 0 Å². The van der Waals surface area contributed by atoms with Crippen molar-refractivity contribution in [3.05, 3.63) is 47.7 Å². The highest BCUT2D eigenvalue weighted by molar-refractivity contribution is 6.93. The number of hydrogen-bond acceptors (Lipinski definition) is 1. The maximum atomic E-state index is 10.5. The van der Waals surface area contributed by atoms with Gasteiger partial charge >= 0.3 is 0 Å². The highest BCUT2D eigenvalue weighted by Gasteiger charge is 2.20. The zero-order valence-corrected chi connectivity index (χ0v) is 10.5. The van der Waals surface area contributed by atoms with E-state index >= 15 is 0 Å². The van der Waals surface area contributed by atoms with E-state index in [9.17, 15) is 4.79 Å². The van der Waals surface area contributed by atoms with Crippen molar-refractivity contribution >= 4 is 19.6 Å². The first kappa shape index (κ1) is 11.7. The van der Waals surface area contributed by atoms with Crippen molar-refractivity contribution in [1.29, 1.82) is 0 Å². The van der Waals surface area contributed by atoms with Gasteiger partial charge in [0.05, 0.1) is 8.07 Å². The van der Waals surface area contributed by atoms with Gasteiger partial charge in [0.1, 0.15) is 6.29 Å². The normalized spacial score (nSPS) is 10.6. The lowest BCUT2D eigenvalue weighted by molar-refractivity contribution is 0.112. The number of hydrogen-bond donors (Lipinski definition) is 0. The second-order valence-corrected chi connectivity index (χ2v) is 9.54. The molecule has 0 bridgehead atoms. The van der Waals surface area contributed by atoms with Crippen LogP contribution in [0.1, 0.15) is 15.9 Å². The molecule has 1 aromatic carbocycles. The van der Waals surface area contributed by atoms with Crippen LogP contribution < -0.4 is 0 Å². The Morgan fingerprint density at radius 3 is 2.13 bits per heavy atom. The van der Waals surface area contributed by atoms with Crippen LogP contribution in [0.15, 0.2) is 36.6 Å². The van der Waals surface area contributed by atoms with Crippen LogP contribution in [0.25, 0.3) is 5.20 Å². The number of carbonyl (C=O) groups excluding carboxylic acids is 1. The maximum absolute atomic E-state index is 10.5. The van der Waals surface area contributed by atoms with Crippen LogP contribution >= 0.6 is 0 Å². The van der Waals surface area contributed by atoms with E-state index in [4.69, 9.17) is 0 Å². The minimum Gasteiger partial charge on any atom is -0.298 e. The summed E-state index contributed by atoms with van der Waals surface area (Å²) in [7, 11) is -1.40. The Morgan fingerprint density at radius 2 is 1.80 bits per heavy atom. The summed E-state index contributed by atoms with van der Waals surface area (Å²) in [5.74, 6) is 0. The molecular formula is C13H16OSi. The lowest BCUT2D eigenvalue weighted by Crippen LogP contribution is -2.22. The molecule has 0 radical (unpaired) electrons. The van der Waals surface area contributed by atoms with Crippen LogP contribution in [-0.2, 0) is 0 Å². The van der Waals surface area contributed by atoms with E-state index in [2.05, 4.69) is 32.0 Å². The van der Waals surface area contributed by atoms with Crippen molar-refractivity contribution in [2.24, 2.45) is 0 Å². The van der Waals surface area contributed by atoms with Crippen molar-refractivity contribution < 1.29 is 4.79 Å². The van der Waals surface area contributed by atoms with Crippen molar-refractivity contribution in [3.63, 3.8) is 0 Å². The summed E-state index contributed by atoms with van der Waals surface area (Å²) in [6.45, 7) is 10.5. The average molecular weight is 216 g/mol. The van der Waals surface area contributed by atoms with Gasteiger partial charge in [0.15, 0.2) is 0 Å². The molecule has 0 saturated heterocycles. The number of benzene rings is 1. The second-order valence-electron chi connectivity index (χ2n) is 4.54. The van der Waals surface area contributed by atoms with Crippen molar-refractivity contribution in [2.75, 3.05) is 0 Å². The molecule has 0 heterocycles. The molecule has 15 heavy (non-hydrogen) atoms. The predicted octanol–water partition coefficient (Wildman–Crippen LogP) is 3.54. The van der Waals surface area contributed by atoms with Gasteiger partial charge in [-0.2, -0.15) is 0 Å². The van der Waals surface area contributed by atoms with Crippen molar-refractivity contribution in [3.8, 4) is 0 Å². The van der Waals surface area contributed by atoms with E-state index in [-0.39, 0.29) is 0 Å². The van der Waals surface area contributed by atoms with Crippen molar-refractivity contribution in [1.82, 2.24) is 0 Å². The Labute approximate surface area is 92.1 Å². The highest BCUT2D eigenvalue weighted by Crippen LogP contribution is 2.24. The van der Waals surface area contributed by atoms with Gasteiger partial charge in [0.25, 0.3) is 0 Å². The molecule has 78 valence electrons. The van der Waals surface area contributed by atoms with Gasteiger partial charge in [-0.1, -0.05) is 50.5 Å². The quantitative estimate of drug-likeness (QED) is 0.429. The topological polar surface area (TPSA) is 17.1 Å². The zero-order chi connectivity index (χ0) is 11.5. The van der Waals surface area contributed by atoms with Gasteiger partial charge in [0, 0.05) is 5.56 Å². The number of carbonyl (C=O) groups is 1. The number of aldehydes is 1. The zero-order valence-electron chi connectivity index (χ0n) is 9.50. The fourth-order valence-corrected chi connectivity index (χ4v) is 3.09. The molecule has 0 spiro atoms. The molecule has 0 unspecified atom stereocenters. The molecule has 2 heteroatoms. The largest absolute Gasteiger partial charge is 0.298 e. The highest BCUT2D eigenvalue weighted by atomic mass is 28.3. The van der Waals surface area contributed by atoms with Crippen molar-refractivity contribution in [2.45, 2.75) is 19.6 Å². The van der Waals surface area contributed by atoms with Gasteiger partial charge in [-0.3, -0.25) is 4.79 Å². The van der Waals surface area contributed by atoms with Gasteiger partial charge in [-0.25, -0.2) is 0 Å². The van der Waals surface area contributed by atoms with E-state index in [1.807, 2.05) is 24.3 Å². The van der Waals surface area contributed by atoms with Crippen LogP contribution in [0.5, 0.6) is 0 Å². The third-order valence-electron chi connectivity index (χ3n) is 2.26. The minimum absolute atomic E-state index is 0.706. The molecule has 0 aromatic heterocycles. The van der Waals surface area contributed by atoms with E-state index in [0.717, 1.165) is 11.8 Å². The fourth-order valence-electron chi connectivity index (χ4n) is 1.53. The number of rotatable bonds is 3. The Hall–Kier alpha value is -1.37. The molecule has 0 saturated carbocycles. The van der Waals surface area contributed by atoms with E-state index in [1.54, 1.807) is 0 Å². The monoisotopic (exact) mass is 216 g/mol. The Balaban J connectivity index is 3.16. The van der Waals surface area contributed by atoms with E-state index < -0.39 is 8.07 Å². The maximum Gasteiger partial charge on any atom is 0.150 e. The molecule has 0 aliphatic heterocycles. The van der Waals surface area contributed by atoms with Gasteiger partial charge in [-0.05, 0) is 10.8 Å². The van der Waals surface area contributed by atoms with Gasteiger partial charge < -0.3 is 0 Å². The van der Waals surface area contributed by atoms with E-state index in [0.29, 0.717) is 5.56 Å².